The number of Topliss-reactive ketones (excluding diaryl/α,β-unsaturated/α-hetero) is 1. The molecule has 0 amide bonds. The fraction of sp³-hybridized carbons (Fsp3) is 0.500. The Balaban J connectivity index is 3.37. The van der Waals surface area contributed by atoms with Gasteiger partial charge in [0.25, 0.3) is 0 Å². The molecular formula is C14H14F6O. The third-order valence-electron chi connectivity index (χ3n) is 2.64. The maximum atomic E-state index is 12.9. The van der Waals surface area contributed by atoms with Gasteiger partial charge in [0.05, 0.1) is 11.1 Å². The summed E-state index contributed by atoms with van der Waals surface area (Å²) in [4.78, 5) is 11.9. The summed E-state index contributed by atoms with van der Waals surface area (Å²) in [7, 11) is 0. The van der Waals surface area contributed by atoms with Crippen LogP contribution in [0, 0.1) is 5.41 Å². The molecule has 0 heterocycles. The second kappa shape index (κ2) is 5.35. The first-order chi connectivity index (χ1) is 9.22. The quantitative estimate of drug-likeness (QED) is 0.532. The fourth-order valence-corrected chi connectivity index (χ4v) is 1.78. The van der Waals surface area contributed by atoms with Gasteiger partial charge in [-0.15, -0.1) is 0 Å². The van der Waals surface area contributed by atoms with E-state index in [4.69, 9.17) is 0 Å². The van der Waals surface area contributed by atoms with Crippen molar-refractivity contribution in [2.45, 2.75) is 39.5 Å². The number of alkyl halides is 6. The third kappa shape index (κ3) is 4.75. The molecule has 0 fully saturated rings. The maximum absolute atomic E-state index is 12.9. The summed E-state index contributed by atoms with van der Waals surface area (Å²) in [6.07, 6.45) is -10.1. The smallest absolute Gasteiger partial charge is 0.294 e. The number of halogens is 6. The first-order valence-corrected chi connectivity index (χ1v) is 6.03. The van der Waals surface area contributed by atoms with Gasteiger partial charge in [-0.1, -0.05) is 26.8 Å². The lowest BCUT2D eigenvalue weighted by Crippen LogP contribution is -2.19. The van der Waals surface area contributed by atoms with Crippen molar-refractivity contribution in [3.05, 3.63) is 34.9 Å². The molecule has 1 rings (SSSR count). The molecule has 0 bridgehead atoms. The van der Waals surface area contributed by atoms with Crippen LogP contribution in [0.25, 0.3) is 0 Å². The van der Waals surface area contributed by atoms with Gasteiger partial charge in [-0.05, 0) is 17.5 Å². The Morgan fingerprint density at radius 3 is 1.86 bits per heavy atom. The Morgan fingerprint density at radius 1 is 0.952 bits per heavy atom. The van der Waals surface area contributed by atoms with Gasteiger partial charge in [-0.3, -0.25) is 4.79 Å². The van der Waals surface area contributed by atoms with Crippen LogP contribution in [0.2, 0.25) is 0 Å². The van der Waals surface area contributed by atoms with E-state index < -0.39 is 40.2 Å². The van der Waals surface area contributed by atoms with Gasteiger partial charge in [0.15, 0.2) is 5.78 Å². The maximum Gasteiger partial charge on any atom is 0.417 e. The molecular weight excluding hydrogens is 298 g/mol. The molecule has 0 unspecified atom stereocenters. The predicted molar refractivity (Wildman–Crippen MR) is 64.8 cm³/mol. The molecule has 0 N–H and O–H groups in total. The Morgan fingerprint density at radius 2 is 1.48 bits per heavy atom. The molecule has 118 valence electrons. The van der Waals surface area contributed by atoms with Crippen molar-refractivity contribution in [1.82, 2.24) is 0 Å². The summed E-state index contributed by atoms with van der Waals surface area (Å²) in [6.45, 7) is 4.97. The van der Waals surface area contributed by atoms with Crippen LogP contribution in [0.5, 0.6) is 0 Å². The van der Waals surface area contributed by atoms with Gasteiger partial charge in [0.1, 0.15) is 0 Å². The largest absolute Gasteiger partial charge is 0.417 e. The summed E-state index contributed by atoms with van der Waals surface area (Å²) in [5.74, 6) is -0.830. The summed E-state index contributed by atoms with van der Waals surface area (Å²) < 4.78 is 76.2. The van der Waals surface area contributed by atoms with E-state index in [0.717, 1.165) is 0 Å². The average molecular weight is 312 g/mol. The highest BCUT2D eigenvalue weighted by Gasteiger charge is 2.39. The van der Waals surface area contributed by atoms with Crippen LogP contribution in [0.3, 0.4) is 0 Å². The SMILES string of the molecule is CC(C)(C)CC(=O)c1ccc(C(F)(F)F)cc1C(F)(F)F. The van der Waals surface area contributed by atoms with Crippen molar-refractivity contribution >= 4 is 5.78 Å². The van der Waals surface area contributed by atoms with Crippen molar-refractivity contribution in [1.29, 1.82) is 0 Å². The van der Waals surface area contributed by atoms with Crippen LogP contribution in [-0.2, 0) is 12.4 Å². The standard InChI is InChI=1S/C14H14F6O/c1-12(2,3)7-11(21)9-5-4-8(13(15,16)17)6-10(9)14(18,19)20/h4-6H,7H2,1-3H3. The van der Waals surface area contributed by atoms with Gasteiger partial charge in [0, 0.05) is 12.0 Å². The zero-order valence-electron chi connectivity index (χ0n) is 11.6. The van der Waals surface area contributed by atoms with Crippen LogP contribution in [-0.4, -0.2) is 5.78 Å². The predicted octanol–water partition coefficient (Wildman–Crippen LogP) is 5.34. The van der Waals surface area contributed by atoms with Crippen LogP contribution in [0.4, 0.5) is 26.3 Å². The molecule has 1 aromatic carbocycles. The number of hydrogen-bond acceptors (Lipinski definition) is 1. The van der Waals surface area contributed by atoms with Crippen molar-refractivity contribution in [3.8, 4) is 0 Å². The van der Waals surface area contributed by atoms with Crippen molar-refractivity contribution in [2.24, 2.45) is 5.41 Å². The topological polar surface area (TPSA) is 17.1 Å². The Kier molecular flexibility index (Phi) is 4.46. The second-order valence-electron chi connectivity index (χ2n) is 5.92. The first kappa shape index (κ1) is 17.5. The molecule has 0 spiro atoms. The minimum absolute atomic E-state index is 0.0180. The molecule has 1 aromatic rings. The van der Waals surface area contributed by atoms with Gasteiger partial charge >= 0.3 is 12.4 Å². The summed E-state index contributed by atoms with van der Waals surface area (Å²) >= 11 is 0. The molecule has 0 aliphatic carbocycles. The number of ketones is 1. The lowest BCUT2D eigenvalue weighted by molar-refractivity contribution is -0.143. The summed E-state index contributed by atoms with van der Waals surface area (Å²) in [6, 6.07) is 1.07. The van der Waals surface area contributed by atoms with Gasteiger partial charge in [-0.2, -0.15) is 26.3 Å². The average Bonchev–Trinajstić information content (AvgIpc) is 2.23. The van der Waals surface area contributed by atoms with Crippen LogP contribution < -0.4 is 0 Å². The van der Waals surface area contributed by atoms with E-state index in [0.29, 0.717) is 12.1 Å². The van der Waals surface area contributed by atoms with E-state index in [1.165, 1.54) is 0 Å². The van der Waals surface area contributed by atoms with E-state index in [-0.39, 0.29) is 12.5 Å². The van der Waals surface area contributed by atoms with Crippen molar-refractivity contribution < 1.29 is 31.1 Å². The number of hydrogen-bond donors (Lipinski definition) is 0. The second-order valence-corrected chi connectivity index (χ2v) is 5.92. The van der Waals surface area contributed by atoms with Crippen LogP contribution in [0.1, 0.15) is 48.7 Å². The molecule has 0 saturated heterocycles. The first-order valence-electron chi connectivity index (χ1n) is 6.03. The number of carbonyl (C=O) groups excluding carboxylic acids is 1. The zero-order chi connectivity index (χ0) is 16.6. The number of carbonyl (C=O) groups is 1. The monoisotopic (exact) mass is 312 g/mol. The van der Waals surface area contributed by atoms with E-state index >= 15 is 0 Å². The van der Waals surface area contributed by atoms with E-state index in [1.807, 2.05) is 0 Å². The van der Waals surface area contributed by atoms with E-state index in [2.05, 4.69) is 0 Å². The molecule has 0 radical (unpaired) electrons. The zero-order valence-corrected chi connectivity index (χ0v) is 11.6. The van der Waals surface area contributed by atoms with Crippen LogP contribution >= 0.6 is 0 Å². The summed E-state index contributed by atoms with van der Waals surface area (Å²) in [5.41, 5.74) is -4.28. The minimum Gasteiger partial charge on any atom is -0.294 e. The van der Waals surface area contributed by atoms with Gasteiger partial charge in [0.2, 0.25) is 0 Å². The Bertz CT molecular complexity index is 534. The highest BCUT2D eigenvalue weighted by atomic mass is 19.4. The molecule has 0 saturated carbocycles. The van der Waals surface area contributed by atoms with Gasteiger partial charge in [-0.25, -0.2) is 0 Å². The highest BCUT2D eigenvalue weighted by Crippen LogP contribution is 2.38. The van der Waals surface area contributed by atoms with E-state index in [1.54, 1.807) is 20.8 Å². The number of rotatable bonds is 2. The van der Waals surface area contributed by atoms with Crippen molar-refractivity contribution in [2.75, 3.05) is 0 Å². The lowest BCUT2D eigenvalue weighted by atomic mass is 9.86. The minimum atomic E-state index is -5.02. The summed E-state index contributed by atoms with van der Waals surface area (Å²) in [5, 5.41) is 0. The molecule has 0 aliphatic heterocycles. The van der Waals surface area contributed by atoms with Gasteiger partial charge < -0.3 is 0 Å². The third-order valence-corrected chi connectivity index (χ3v) is 2.64. The molecule has 7 heteroatoms. The molecule has 0 aromatic heterocycles. The Hall–Kier alpha value is -1.53. The fourth-order valence-electron chi connectivity index (χ4n) is 1.78. The van der Waals surface area contributed by atoms with E-state index in [9.17, 15) is 31.1 Å². The molecule has 0 aliphatic rings. The van der Waals surface area contributed by atoms with Crippen molar-refractivity contribution in [3.63, 3.8) is 0 Å². The molecule has 21 heavy (non-hydrogen) atoms. The Labute approximate surface area is 118 Å². The molecule has 0 atom stereocenters. The molecule has 1 nitrogen and oxygen atoms in total. The van der Waals surface area contributed by atoms with Crippen LogP contribution in [0.15, 0.2) is 18.2 Å². The normalized spacial score (nSPS) is 13.4. The lowest BCUT2D eigenvalue weighted by Gasteiger charge is -2.20. The highest BCUT2D eigenvalue weighted by molar-refractivity contribution is 5.98. The number of benzene rings is 1.